The normalized spacial score (nSPS) is 16.2. The number of halogens is 1. The number of nitrogens with one attached hydrogen (secondary N) is 1. The number of hydrogen-bond donors (Lipinski definition) is 3. The number of amides is 1. The first-order valence-corrected chi connectivity index (χ1v) is 8.06. The van der Waals surface area contributed by atoms with Crippen molar-refractivity contribution in [2.24, 2.45) is 11.5 Å². The van der Waals surface area contributed by atoms with Crippen LogP contribution in [0.3, 0.4) is 0 Å². The molecule has 0 bridgehead atoms. The third kappa shape index (κ3) is 3.26. The summed E-state index contributed by atoms with van der Waals surface area (Å²) in [5.41, 5.74) is 11.3. The van der Waals surface area contributed by atoms with E-state index in [2.05, 4.69) is 10.4 Å². The number of hydrogen-bond acceptors (Lipinski definition) is 5. The molecule has 0 atom stereocenters. The lowest BCUT2D eigenvalue weighted by molar-refractivity contribution is -0.118. The van der Waals surface area contributed by atoms with Crippen molar-refractivity contribution in [2.75, 3.05) is 12.4 Å². The maximum atomic E-state index is 14.1. The first kappa shape index (κ1) is 17.5. The molecule has 0 saturated heterocycles. The van der Waals surface area contributed by atoms with Gasteiger partial charge in [-0.3, -0.25) is 4.79 Å². The van der Waals surface area contributed by atoms with Crippen LogP contribution in [0.5, 0.6) is 0 Å². The number of benzene rings is 1. The van der Waals surface area contributed by atoms with Gasteiger partial charge in [0.1, 0.15) is 5.82 Å². The molecule has 1 saturated carbocycles. The number of aromatic nitrogens is 2. The van der Waals surface area contributed by atoms with E-state index in [1.54, 1.807) is 30.5 Å². The predicted octanol–water partition coefficient (Wildman–Crippen LogP) is 1.90. The average molecular weight is 357 g/mol. The Bertz CT molecular complexity index is 883. The van der Waals surface area contributed by atoms with Crippen LogP contribution < -0.4 is 16.8 Å². The van der Waals surface area contributed by atoms with E-state index >= 15 is 0 Å². The largest absolute Gasteiger partial charge is 0.483 e. The molecule has 8 heteroatoms. The number of anilines is 1. The van der Waals surface area contributed by atoms with E-state index in [1.165, 1.54) is 30.1 Å². The molecule has 1 aliphatic carbocycles. The van der Waals surface area contributed by atoms with Gasteiger partial charge in [0.05, 0.1) is 18.2 Å². The van der Waals surface area contributed by atoms with Gasteiger partial charge in [-0.15, -0.1) is 0 Å². The number of carbonyl (C=O) groups is 1. The van der Waals surface area contributed by atoms with Gasteiger partial charge < -0.3 is 21.5 Å². The quantitative estimate of drug-likeness (QED) is 0.540. The Hall–Kier alpha value is -3.29. The molecule has 2 aromatic rings. The van der Waals surface area contributed by atoms with Gasteiger partial charge in [-0.05, 0) is 18.9 Å². The third-order valence-electron chi connectivity index (χ3n) is 4.37. The van der Waals surface area contributed by atoms with Crippen molar-refractivity contribution in [1.82, 2.24) is 9.78 Å². The lowest BCUT2D eigenvalue weighted by Crippen LogP contribution is -2.29. The molecule has 0 radical (unpaired) electrons. The summed E-state index contributed by atoms with van der Waals surface area (Å²) < 4.78 is 20.4. The lowest BCUT2D eigenvalue weighted by Gasteiger charge is -2.15. The van der Waals surface area contributed by atoms with Gasteiger partial charge >= 0.3 is 0 Å². The second kappa shape index (κ2) is 6.91. The van der Waals surface area contributed by atoms with Crippen molar-refractivity contribution in [3.63, 3.8) is 0 Å². The highest BCUT2D eigenvalue weighted by atomic mass is 19.1. The molecular formula is C18H20FN5O2. The van der Waals surface area contributed by atoms with E-state index in [-0.39, 0.29) is 17.6 Å². The minimum absolute atomic E-state index is 0.166. The molecule has 1 aliphatic rings. The van der Waals surface area contributed by atoms with Gasteiger partial charge in [0.25, 0.3) is 0 Å². The zero-order valence-corrected chi connectivity index (χ0v) is 14.3. The Kier molecular flexibility index (Phi) is 4.66. The maximum absolute atomic E-state index is 14.1. The highest BCUT2D eigenvalue weighted by Gasteiger charge is 2.52. The molecule has 5 N–H and O–H groups in total. The molecule has 1 fully saturated rings. The molecular weight excluding hydrogens is 337 g/mol. The second-order valence-electron chi connectivity index (χ2n) is 6.00. The van der Waals surface area contributed by atoms with E-state index in [4.69, 9.17) is 16.2 Å². The molecule has 1 amide bonds. The van der Waals surface area contributed by atoms with Gasteiger partial charge in [-0.2, -0.15) is 5.10 Å². The molecule has 26 heavy (non-hydrogen) atoms. The first-order chi connectivity index (χ1) is 12.5. The van der Waals surface area contributed by atoms with E-state index in [1.807, 2.05) is 0 Å². The van der Waals surface area contributed by atoms with Gasteiger partial charge in [0, 0.05) is 30.1 Å². The van der Waals surface area contributed by atoms with Crippen molar-refractivity contribution < 1.29 is 13.9 Å². The summed E-state index contributed by atoms with van der Waals surface area (Å²) in [6.45, 7) is 0. The monoisotopic (exact) mass is 357 g/mol. The molecule has 1 heterocycles. The standard InChI is InChI=1S/C18H20FN5O2/c1-26-15(21)10-12(11-20)24-9-6-16(23-24)22-17(25)18(7-8-18)13-4-2-3-5-14(13)19/h2-6,9-11H,7-8,20-21H2,1H3,(H,22,23,25)/b12-11+,15-10+. The van der Waals surface area contributed by atoms with Crippen molar-refractivity contribution in [3.05, 3.63) is 66.1 Å². The van der Waals surface area contributed by atoms with Crippen molar-refractivity contribution in [2.45, 2.75) is 18.3 Å². The number of allylic oxidation sites excluding steroid dienone is 2. The molecule has 1 aromatic heterocycles. The fourth-order valence-corrected chi connectivity index (χ4v) is 2.76. The van der Waals surface area contributed by atoms with Crippen molar-refractivity contribution in [1.29, 1.82) is 0 Å². The summed E-state index contributed by atoms with van der Waals surface area (Å²) in [7, 11) is 1.44. The number of ether oxygens (including phenoxy) is 1. The summed E-state index contributed by atoms with van der Waals surface area (Å²) in [6, 6.07) is 7.96. The Labute approximate surface area is 150 Å². The Morgan fingerprint density at radius 1 is 1.38 bits per heavy atom. The minimum Gasteiger partial charge on any atom is -0.483 e. The highest BCUT2D eigenvalue weighted by molar-refractivity contribution is 6.00. The van der Waals surface area contributed by atoms with Crippen LogP contribution in [0.25, 0.3) is 5.70 Å². The van der Waals surface area contributed by atoms with E-state index in [0.717, 1.165) is 0 Å². The summed E-state index contributed by atoms with van der Waals surface area (Å²) >= 11 is 0. The SMILES string of the molecule is CO/C(N)=C/C(=C\N)n1ccc(NC(=O)C2(c3ccccc3F)CC2)n1. The summed E-state index contributed by atoms with van der Waals surface area (Å²) in [5.74, 6) is -0.155. The Morgan fingerprint density at radius 2 is 2.12 bits per heavy atom. The van der Waals surface area contributed by atoms with Gasteiger partial charge in [-0.25, -0.2) is 9.07 Å². The molecule has 0 aliphatic heterocycles. The molecule has 0 spiro atoms. The number of methoxy groups -OCH3 is 1. The minimum atomic E-state index is -0.831. The zero-order valence-electron chi connectivity index (χ0n) is 14.3. The predicted molar refractivity (Wildman–Crippen MR) is 95.9 cm³/mol. The fourth-order valence-electron chi connectivity index (χ4n) is 2.76. The van der Waals surface area contributed by atoms with Crippen molar-refractivity contribution >= 4 is 17.4 Å². The molecule has 136 valence electrons. The smallest absolute Gasteiger partial charge is 0.236 e. The van der Waals surface area contributed by atoms with Gasteiger partial charge in [-0.1, -0.05) is 18.2 Å². The van der Waals surface area contributed by atoms with Crippen LogP contribution in [0.1, 0.15) is 18.4 Å². The van der Waals surface area contributed by atoms with Crippen molar-refractivity contribution in [3.8, 4) is 0 Å². The van der Waals surface area contributed by atoms with Crippen LogP contribution in [0.4, 0.5) is 10.2 Å². The highest BCUT2D eigenvalue weighted by Crippen LogP contribution is 2.49. The van der Waals surface area contributed by atoms with Crippen LogP contribution >= 0.6 is 0 Å². The Morgan fingerprint density at radius 3 is 2.73 bits per heavy atom. The first-order valence-electron chi connectivity index (χ1n) is 8.06. The van der Waals surface area contributed by atoms with Gasteiger partial charge in [0.2, 0.25) is 5.91 Å². The number of nitrogens with two attached hydrogens (primary N) is 2. The summed E-state index contributed by atoms with van der Waals surface area (Å²) in [5, 5.41) is 7.00. The van der Waals surface area contributed by atoms with E-state index < -0.39 is 5.41 Å². The summed E-state index contributed by atoms with van der Waals surface area (Å²) in [6.07, 6.45) is 5.63. The average Bonchev–Trinajstić information content (AvgIpc) is 3.33. The molecule has 7 nitrogen and oxygen atoms in total. The summed E-state index contributed by atoms with van der Waals surface area (Å²) in [4.78, 5) is 12.7. The van der Waals surface area contributed by atoms with E-state index in [0.29, 0.717) is 29.9 Å². The van der Waals surface area contributed by atoms with Crippen LogP contribution in [-0.4, -0.2) is 22.8 Å². The zero-order chi connectivity index (χ0) is 18.7. The van der Waals surface area contributed by atoms with Crippen LogP contribution in [0.15, 0.2) is 54.7 Å². The third-order valence-corrected chi connectivity index (χ3v) is 4.37. The number of carbonyl (C=O) groups excluding carboxylic acids is 1. The number of rotatable bonds is 6. The molecule has 3 rings (SSSR count). The van der Waals surface area contributed by atoms with E-state index in [9.17, 15) is 9.18 Å². The number of nitrogens with zero attached hydrogens (tertiary/aromatic N) is 2. The topological polar surface area (TPSA) is 108 Å². The maximum Gasteiger partial charge on any atom is 0.236 e. The van der Waals surface area contributed by atoms with Crippen LogP contribution in [-0.2, 0) is 14.9 Å². The lowest BCUT2D eigenvalue weighted by atomic mass is 9.94. The fraction of sp³-hybridized carbons (Fsp3) is 0.222. The molecule has 1 aromatic carbocycles. The van der Waals surface area contributed by atoms with Gasteiger partial charge in [0.15, 0.2) is 11.7 Å². The van der Waals surface area contributed by atoms with Crippen LogP contribution in [0.2, 0.25) is 0 Å². The Balaban J connectivity index is 1.78. The molecule has 0 unspecified atom stereocenters. The van der Waals surface area contributed by atoms with Crippen LogP contribution in [0, 0.1) is 5.82 Å². The second-order valence-corrected chi connectivity index (χ2v) is 6.00.